The van der Waals surface area contributed by atoms with Gasteiger partial charge in [0.1, 0.15) is 11.9 Å². The van der Waals surface area contributed by atoms with Crippen molar-refractivity contribution in [2.45, 2.75) is 19.4 Å². The Morgan fingerprint density at radius 2 is 1.83 bits per heavy atom. The molecule has 0 radical (unpaired) electrons. The Bertz CT molecular complexity index is 994. The van der Waals surface area contributed by atoms with Crippen LogP contribution in [0, 0.1) is 6.92 Å². The molecule has 3 rings (SSSR count). The molecule has 1 aromatic heterocycles. The highest BCUT2D eigenvalue weighted by atomic mass is 35.5. The van der Waals surface area contributed by atoms with E-state index in [4.69, 9.17) is 23.2 Å². The first kappa shape index (κ1) is 22.3. The lowest BCUT2D eigenvalue weighted by Crippen LogP contribution is -2.45. The number of carbonyl (C=O) groups excluding carboxylic acids is 2. The summed E-state index contributed by atoms with van der Waals surface area (Å²) in [4.78, 5) is 28.4. The van der Waals surface area contributed by atoms with Gasteiger partial charge in [-0.25, -0.2) is 0 Å². The molecule has 0 bridgehead atoms. The summed E-state index contributed by atoms with van der Waals surface area (Å²) in [6.45, 7) is 2.28. The van der Waals surface area contributed by atoms with Crippen LogP contribution < -0.4 is 10.2 Å². The van der Waals surface area contributed by atoms with E-state index in [0.29, 0.717) is 23.7 Å². The van der Waals surface area contributed by atoms with Crippen molar-refractivity contribution in [2.24, 2.45) is 0 Å². The van der Waals surface area contributed by atoms with E-state index in [0.717, 1.165) is 16.0 Å². The first-order valence-electron chi connectivity index (χ1n) is 9.51. The summed E-state index contributed by atoms with van der Waals surface area (Å²) in [6.07, 6.45) is 0.698. The average Bonchev–Trinajstić information content (AvgIpc) is 3.28. The van der Waals surface area contributed by atoms with Gasteiger partial charge in [-0.05, 0) is 48.1 Å². The standard InChI is InChI=1S/C23H22Cl2N2O2S/c1-16-18(25)9-5-10-19(16)27(21(28)15-24)22(20-11-6-14-30-20)23(29)26-13-12-17-7-3-2-4-8-17/h2-11,14,22H,12-13,15H2,1H3,(H,26,29)/t22-/m1/s1. The largest absolute Gasteiger partial charge is 0.354 e. The van der Waals surface area contributed by atoms with Crippen LogP contribution in [-0.2, 0) is 16.0 Å². The smallest absolute Gasteiger partial charge is 0.248 e. The minimum atomic E-state index is -0.829. The van der Waals surface area contributed by atoms with Crippen LogP contribution in [0.25, 0.3) is 0 Å². The second kappa shape index (κ2) is 10.6. The Kier molecular flexibility index (Phi) is 7.91. The van der Waals surface area contributed by atoms with E-state index in [1.165, 1.54) is 16.2 Å². The molecule has 0 fully saturated rings. The van der Waals surface area contributed by atoms with E-state index in [1.807, 2.05) is 54.8 Å². The van der Waals surface area contributed by atoms with E-state index < -0.39 is 6.04 Å². The zero-order valence-corrected chi connectivity index (χ0v) is 18.8. The Morgan fingerprint density at radius 1 is 1.07 bits per heavy atom. The van der Waals surface area contributed by atoms with Gasteiger partial charge in [0.15, 0.2) is 0 Å². The summed E-state index contributed by atoms with van der Waals surface area (Å²) in [6, 6.07) is 18.1. The second-order valence-electron chi connectivity index (χ2n) is 6.73. The van der Waals surface area contributed by atoms with Gasteiger partial charge in [-0.15, -0.1) is 22.9 Å². The van der Waals surface area contributed by atoms with Gasteiger partial charge in [-0.3, -0.25) is 14.5 Å². The number of hydrogen-bond acceptors (Lipinski definition) is 3. The van der Waals surface area contributed by atoms with Gasteiger partial charge in [-0.1, -0.05) is 54.1 Å². The maximum absolute atomic E-state index is 13.3. The summed E-state index contributed by atoms with van der Waals surface area (Å²) in [5, 5.41) is 5.39. The molecule has 1 atom stereocenters. The molecular weight excluding hydrogens is 439 g/mol. The van der Waals surface area contributed by atoms with Crippen LogP contribution in [0.15, 0.2) is 66.0 Å². The molecule has 0 aliphatic carbocycles. The topological polar surface area (TPSA) is 49.4 Å². The predicted molar refractivity (Wildman–Crippen MR) is 125 cm³/mol. The Morgan fingerprint density at radius 3 is 2.50 bits per heavy atom. The van der Waals surface area contributed by atoms with Crippen LogP contribution in [0.1, 0.15) is 22.0 Å². The third kappa shape index (κ3) is 5.22. The van der Waals surface area contributed by atoms with Crippen LogP contribution in [0.2, 0.25) is 5.02 Å². The molecule has 7 heteroatoms. The fourth-order valence-electron chi connectivity index (χ4n) is 3.23. The van der Waals surface area contributed by atoms with Crippen molar-refractivity contribution >= 4 is 52.0 Å². The zero-order chi connectivity index (χ0) is 21.5. The molecule has 30 heavy (non-hydrogen) atoms. The zero-order valence-electron chi connectivity index (χ0n) is 16.5. The summed E-state index contributed by atoms with van der Waals surface area (Å²) in [5.41, 5.74) is 2.42. The van der Waals surface area contributed by atoms with Crippen LogP contribution in [0.3, 0.4) is 0 Å². The monoisotopic (exact) mass is 460 g/mol. The average molecular weight is 461 g/mol. The fraction of sp³-hybridized carbons (Fsp3) is 0.217. The van der Waals surface area contributed by atoms with E-state index in [-0.39, 0.29) is 17.7 Å². The number of halogens is 2. The summed E-state index contributed by atoms with van der Waals surface area (Å²) >= 11 is 13.6. The van der Waals surface area contributed by atoms with Crippen molar-refractivity contribution in [1.29, 1.82) is 0 Å². The highest BCUT2D eigenvalue weighted by molar-refractivity contribution is 7.10. The summed E-state index contributed by atoms with van der Waals surface area (Å²) < 4.78 is 0. The number of thiophene rings is 1. The summed E-state index contributed by atoms with van der Waals surface area (Å²) in [5.74, 6) is -0.865. The molecule has 3 aromatic rings. The number of amides is 2. The van der Waals surface area contributed by atoms with E-state index in [9.17, 15) is 9.59 Å². The molecule has 0 spiro atoms. The summed E-state index contributed by atoms with van der Waals surface area (Å²) in [7, 11) is 0. The fourth-order valence-corrected chi connectivity index (χ4v) is 4.34. The number of nitrogens with one attached hydrogen (secondary N) is 1. The van der Waals surface area contributed by atoms with E-state index in [1.54, 1.807) is 18.2 Å². The lowest BCUT2D eigenvalue weighted by Gasteiger charge is -2.31. The molecule has 2 aromatic carbocycles. The number of benzene rings is 2. The SMILES string of the molecule is Cc1c(Cl)cccc1N(C(=O)CCl)[C@@H](C(=O)NCCc1ccccc1)c1cccs1. The van der Waals surface area contributed by atoms with E-state index in [2.05, 4.69) is 5.32 Å². The Balaban J connectivity index is 1.91. The van der Waals surface area contributed by atoms with Gasteiger partial charge in [0.25, 0.3) is 0 Å². The minimum absolute atomic E-state index is 0.245. The maximum atomic E-state index is 13.3. The number of alkyl halides is 1. The Hall–Kier alpha value is -2.34. The molecule has 1 heterocycles. The van der Waals surface area contributed by atoms with Gasteiger partial charge in [0.05, 0.1) is 0 Å². The van der Waals surface area contributed by atoms with Crippen molar-refractivity contribution < 1.29 is 9.59 Å². The highest BCUT2D eigenvalue weighted by Gasteiger charge is 2.34. The van der Waals surface area contributed by atoms with Crippen LogP contribution in [-0.4, -0.2) is 24.2 Å². The van der Waals surface area contributed by atoms with Crippen LogP contribution in [0.5, 0.6) is 0 Å². The first-order valence-corrected chi connectivity index (χ1v) is 11.3. The maximum Gasteiger partial charge on any atom is 0.248 e. The molecule has 0 unspecified atom stereocenters. The van der Waals surface area contributed by atoms with Gasteiger partial charge >= 0.3 is 0 Å². The molecule has 0 aliphatic heterocycles. The van der Waals surface area contributed by atoms with Crippen LogP contribution >= 0.6 is 34.5 Å². The number of nitrogens with zero attached hydrogens (tertiary/aromatic N) is 1. The van der Waals surface area contributed by atoms with E-state index >= 15 is 0 Å². The lowest BCUT2D eigenvalue weighted by molar-refractivity contribution is -0.125. The van der Waals surface area contributed by atoms with Gasteiger partial charge in [-0.2, -0.15) is 0 Å². The number of carbonyl (C=O) groups is 2. The minimum Gasteiger partial charge on any atom is -0.354 e. The molecule has 1 N–H and O–H groups in total. The van der Waals surface area contributed by atoms with Gasteiger partial charge in [0, 0.05) is 22.1 Å². The molecule has 156 valence electrons. The molecule has 2 amide bonds. The van der Waals surface area contributed by atoms with Crippen molar-refractivity contribution in [1.82, 2.24) is 5.32 Å². The van der Waals surface area contributed by atoms with Gasteiger partial charge < -0.3 is 5.32 Å². The predicted octanol–water partition coefficient (Wildman–Crippen LogP) is 5.38. The van der Waals surface area contributed by atoms with Crippen molar-refractivity contribution in [3.05, 3.63) is 87.1 Å². The first-order chi connectivity index (χ1) is 14.5. The number of hydrogen-bond donors (Lipinski definition) is 1. The van der Waals surface area contributed by atoms with Crippen LogP contribution in [0.4, 0.5) is 5.69 Å². The van der Waals surface area contributed by atoms with Crippen molar-refractivity contribution in [3.8, 4) is 0 Å². The number of rotatable bonds is 8. The highest BCUT2D eigenvalue weighted by Crippen LogP contribution is 2.35. The van der Waals surface area contributed by atoms with Crippen molar-refractivity contribution in [3.63, 3.8) is 0 Å². The molecule has 0 saturated heterocycles. The van der Waals surface area contributed by atoms with Crippen molar-refractivity contribution in [2.75, 3.05) is 17.3 Å². The normalized spacial score (nSPS) is 11.7. The molecule has 4 nitrogen and oxygen atoms in total. The number of anilines is 1. The quantitative estimate of drug-likeness (QED) is 0.458. The Labute approximate surface area is 190 Å². The third-order valence-corrected chi connectivity index (χ3v) is 6.32. The lowest BCUT2D eigenvalue weighted by atomic mass is 10.1. The third-order valence-electron chi connectivity index (χ3n) is 4.76. The second-order valence-corrected chi connectivity index (χ2v) is 8.38. The molecule has 0 aliphatic rings. The molecular formula is C23H22Cl2N2O2S. The molecule has 0 saturated carbocycles. The van der Waals surface area contributed by atoms with Gasteiger partial charge in [0.2, 0.25) is 11.8 Å².